The molecule has 1 atom stereocenters. The molecule has 1 amide bonds. The number of carbonyl (C=O) groups excluding carboxylic acids is 1. The summed E-state index contributed by atoms with van der Waals surface area (Å²) < 4.78 is 27.8. The smallest absolute Gasteiger partial charge is 0.267 e. The summed E-state index contributed by atoms with van der Waals surface area (Å²) in [7, 11) is 0. The van der Waals surface area contributed by atoms with Crippen LogP contribution in [0.25, 0.3) is 0 Å². The van der Waals surface area contributed by atoms with Gasteiger partial charge in [0, 0.05) is 17.7 Å². The number of rotatable bonds is 5. The van der Waals surface area contributed by atoms with Crippen LogP contribution in [-0.4, -0.2) is 21.7 Å². The van der Waals surface area contributed by atoms with Gasteiger partial charge in [0.2, 0.25) is 0 Å². The van der Waals surface area contributed by atoms with Gasteiger partial charge in [-0.2, -0.15) is 5.10 Å². The first-order valence-electron chi connectivity index (χ1n) is 9.33. The van der Waals surface area contributed by atoms with Crippen LogP contribution in [0.15, 0.2) is 29.1 Å². The first-order valence-corrected chi connectivity index (χ1v) is 9.33. The highest BCUT2D eigenvalue weighted by Crippen LogP contribution is 2.17. The third-order valence-electron chi connectivity index (χ3n) is 4.93. The van der Waals surface area contributed by atoms with E-state index in [1.807, 2.05) is 6.92 Å². The second-order valence-corrected chi connectivity index (χ2v) is 6.90. The van der Waals surface area contributed by atoms with Crippen molar-refractivity contribution in [3.8, 4) is 0 Å². The fraction of sp³-hybridized carbons (Fsp3) is 0.450. The molecule has 0 bridgehead atoms. The number of fused-ring (bicyclic) bond motifs is 1. The van der Waals surface area contributed by atoms with Crippen LogP contribution >= 0.6 is 0 Å². The lowest BCUT2D eigenvalue weighted by molar-refractivity contribution is 0.0930. The van der Waals surface area contributed by atoms with Crippen LogP contribution in [0.1, 0.15) is 54.2 Å². The molecule has 0 saturated carbocycles. The van der Waals surface area contributed by atoms with Gasteiger partial charge in [0.05, 0.1) is 12.2 Å². The summed E-state index contributed by atoms with van der Waals surface area (Å²) in [6, 6.07) is 4.32. The third-order valence-corrected chi connectivity index (χ3v) is 4.93. The maximum absolute atomic E-state index is 13.3. The second-order valence-electron chi connectivity index (χ2n) is 6.90. The van der Waals surface area contributed by atoms with Crippen LogP contribution < -0.4 is 10.9 Å². The van der Waals surface area contributed by atoms with E-state index < -0.39 is 17.5 Å². The topological polar surface area (TPSA) is 64.0 Å². The Kier molecular flexibility index (Phi) is 5.98. The minimum absolute atomic E-state index is 0.0367. The molecule has 5 nitrogen and oxygen atoms in total. The zero-order valence-corrected chi connectivity index (χ0v) is 15.3. The van der Waals surface area contributed by atoms with E-state index in [2.05, 4.69) is 10.4 Å². The van der Waals surface area contributed by atoms with Gasteiger partial charge in [-0.1, -0.05) is 13.3 Å². The predicted octanol–water partition coefficient (Wildman–Crippen LogP) is 3.00. The molecular weight excluding hydrogens is 352 g/mol. The van der Waals surface area contributed by atoms with Gasteiger partial charge in [-0.15, -0.1) is 0 Å². The molecule has 7 heteroatoms. The molecule has 27 heavy (non-hydrogen) atoms. The zero-order valence-electron chi connectivity index (χ0n) is 15.3. The first-order chi connectivity index (χ1) is 13.0. The van der Waals surface area contributed by atoms with E-state index in [1.54, 1.807) is 6.07 Å². The van der Waals surface area contributed by atoms with Gasteiger partial charge < -0.3 is 5.32 Å². The van der Waals surface area contributed by atoms with Gasteiger partial charge >= 0.3 is 0 Å². The number of nitrogens with one attached hydrogen (secondary N) is 1. The van der Waals surface area contributed by atoms with E-state index in [1.165, 1.54) is 10.7 Å². The maximum Gasteiger partial charge on any atom is 0.267 e. The summed E-state index contributed by atoms with van der Waals surface area (Å²) in [6.45, 7) is 2.11. The molecule has 0 saturated heterocycles. The van der Waals surface area contributed by atoms with Crippen molar-refractivity contribution < 1.29 is 13.6 Å². The molecule has 1 N–H and O–H groups in total. The summed E-state index contributed by atoms with van der Waals surface area (Å²) in [4.78, 5) is 24.7. The Morgan fingerprint density at radius 2 is 1.96 bits per heavy atom. The monoisotopic (exact) mass is 375 g/mol. The number of aryl methyl sites for hydroxylation is 2. The van der Waals surface area contributed by atoms with E-state index in [4.69, 9.17) is 0 Å². The fourth-order valence-corrected chi connectivity index (χ4v) is 3.30. The number of amides is 1. The highest BCUT2D eigenvalue weighted by molar-refractivity contribution is 5.94. The van der Waals surface area contributed by atoms with Crippen molar-refractivity contribution in [2.24, 2.45) is 0 Å². The van der Waals surface area contributed by atoms with E-state index in [0.29, 0.717) is 6.42 Å². The van der Waals surface area contributed by atoms with Crippen molar-refractivity contribution in [3.63, 3.8) is 0 Å². The molecule has 1 heterocycles. The van der Waals surface area contributed by atoms with Gasteiger partial charge in [-0.05, 0) is 55.9 Å². The lowest BCUT2D eigenvalue weighted by atomic mass is 10.1. The normalized spacial score (nSPS) is 14.9. The van der Waals surface area contributed by atoms with E-state index in [9.17, 15) is 18.4 Å². The number of aromatic nitrogens is 2. The SMILES string of the molecule is CC[C@@H](Cn1nc2c(cc1=O)CCCCC2)NC(=O)c1ccc(F)c(F)c1. The highest BCUT2D eigenvalue weighted by atomic mass is 19.2. The average Bonchev–Trinajstić information content (AvgIpc) is 2.88. The molecule has 1 aromatic heterocycles. The van der Waals surface area contributed by atoms with Crippen LogP contribution in [0, 0.1) is 11.6 Å². The molecule has 2 aromatic rings. The van der Waals surface area contributed by atoms with Crippen molar-refractivity contribution in [2.45, 2.75) is 58.0 Å². The number of carbonyl (C=O) groups is 1. The van der Waals surface area contributed by atoms with Crippen LogP contribution in [-0.2, 0) is 19.4 Å². The van der Waals surface area contributed by atoms with Crippen LogP contribution in [0.2, 0.25) is 0 Å². The van der Waals surface area contributed by atoms with Gasteiger partial charge in [0.15, 0.2) is 11.6 Å². The minimum Gasteiger partial charge on any atom is -0.347 e. The molecular formula is C20H23F2N3O2. The van der Waals surface area contributed by atoms with Crippen molar-refractivity contribution in [1.29, 1.82) is 0 Å². The van der Waals surface area contributed by atoms with Crippen LogP contribution in [0.3, 0.4) is 0 Å². The molecule has 1 aliphatic rings. The number of halogens is 2. The molecule has 144 valence electrons. The summed E-state index contributed by atoms with van der Waals surface area (Å²) >= 11 is 0. The molecule has 0 aliphatic heterocycles. The summed E-state index contributed by atoms with van der Waals surface area (Å²) in [5, 5.41) is 7.28. The van der Waals surface area contributed by atoms with Crippen molar-refractivity contribution in [2.75, 3.05) is 0 Å². The largest absolute Gasteiger partial charge is 0.347 e. The Morgan fingerprint density at radius 1 is 1.19 bits per heavy atom. The minimum atomic E-state index is -1.07. The molecule has 0 fully saturated rings. The van der Waals surface area contributed by atoms with Crippen molar-refractivity contribution >= 4 is 5.91 Å². The van der Waals surface area contributed by atoms with Gasteiger partial charge in [-0.25, -0.2) is 13.5 Å². The molecule has 1 aliphatic carbocycles. The van der Waals surface area contributed by atoms with Crippen LogP contribution in [0.5, 0.6) is 0 Å². The van der Waals surface area contributed by atoms with E-state index in [0.717, 1.165) is 55.5 Å². The quantitative estimate of drug-likeness (QED) is 0.817. The predicted molar refractivity (Wildman–Crippen MR) is 97.7 cm³/mol. The lowest BCUT2D eigenvalue weighted by Crippen LogP contribution is -2.40. The van der Waals surface area contributed by atoms with E-state index in [-0.39, 0.29) is 23.7 Å². The summed E-state index contributed by atoms with van der Waals surface area (Å²) in [6.07, 6.45) is 5.56. The fourth-order valence-electron chi connectivity index (χ4n) is 3.30. The summed E-state index contributed by atoms with van der Waals surface area (Å²) in [5.41, 5.74) is 1.83. The molecule has 0 radical (unpaired) electrons. The van der Waals surface area contributed by atoms with Crippen molar-refractivity contribution in [3.05, 3.63) is 63.1 Å². The van der Waals surface area contributed by atoms with E-state index >= 15 is 0 Å². The Bertz CT molecular complexity index is 895. The third kappa shape index (κ3) is 4.59. The Balaban J connectivity index is 1.75. The summed E-state index contributed by atoms with van der Waals surface area (Å²) in [5.74, 6) is -2.58. The Hall–Kier alpha value is -2.57. The molecule has 0 spiro atoms. The zero-order chi connectivity index (χ0) is 19.4. The first kappa shape index (κ1) is 19.2. The highest BCUT2D eigenvalue weighted by Gasteiger charge is 2.17. The number of benzene rings is 1. The Morgan fingerprint density at radius 3 is 2.70 bits per heavy atom. The molecule has 0 unspecified atom stereocenters. The average molecular weight is 375 g/mol. The van der Waals surface area contributed by atoms with Crippen molar-refractivity contribution in [1.82, 2.24) is 15.1 Å². The number of hydrogen-bond acceptors (Lipinski definition) is 3. The number of nitrogens with zero attached hydrogens (tertiary/aromatic N) is 2. The molecule has 1 aromatic carbocycles. The van der Waals surface area contributed by atoms with Gasteiger partial charge in [0.1, 0.15) is 0 Å². The standard InChI is InChI=1S/C20H23F2N3O2/c1-2-15(23-20(27)14-8-9-16(21)17(22)10-14)12-25-19(26)11-13-6-4-3-5-7-18(13)24-25/h8-11,15H,2-7,12H2,1H3,(H,23,27)/t15-/m0/s1. The Labute approximate surface area is 156 Å². The number of hydrogen-bond donors (Lipinski definition) is 1. The maximum atomic E-state index is 13.3. The van der Waals surface area contributed by atoms with Crippen LogP contribution in [0.4, 0.5) is 8.78 Å². The lowest BCUT2D eigenvalue weighted by Gasteiger charge is -2.19. The second kappa shape index (κ2) is 8.41. The van der Waals surface area contributed by atoms with Gasteiger partial charge in [0.25, 0.3) is 11.5 Å². The molecule has 3 rings (SSSR count). The van der Waals surface area contributed by atoms with Gasteiger partial charge in [-0.3, -0.25) is 9.59 Å².